The highest BCUT2D eigenvalue weighted by molar-refractivity contribution is 5.90. The number of benzene rings is 2. The van der Waals surface area contributed by atoms with Crippen molar-refractivity contribution < 1.29 is 0 Å². The number of para-hydroxylation sites is 1. The Bertz CT molecular complexity index is 1380. The molecule has 0 radical (unpaired) electrons. The zero-order valence-corrected chi connectivity index (χ0v) is 15.9. The summed E-state index contributed by atoms with van der Waals surface area (Å²) in [5.41, 5.74) is 5.97. The van der Waals surface area contributed by atoms with Crippen LogP contribution >= 0.6 is 0 Å². The third-order valence-corrected chi connectivity index (χ3v) is 4.99. The monoisotopic (exact) mass is 378 g/mol. The second-order valence-electron chi connectivity index (χ2n) is 6.88. The molecule has 29 heavy (non-hydrogen) atoms. The molecule has 140 valence electrons. The van der Waals surface area contributed by atoms with Gasteiger partial charge >= 0.3 is 0 Å². The number of aryl methyl sites for hydroxylation is 1. The van der Waals surface area contributed by atoms with Gasteiger partial charge in [-0.05, 0) is 36.8 Å². The molecule has 0 spiro atoms. The number of nitrogens with zero attached hydrogens (tertiary/aromatic N) is 4. The summed E-state index contributed by atoms with van der Waals surface area (Å²) in [5, 5.41) is 9.52. The maximum atomic E-state index is 12.6. The van der Waals surface area contributed by atoms with Gasteiger partial charge in [-0.1, -0.05) is 54.6 Å². The lowest BCUT2D eigenvalue weighted by molar-refractivity contribution is 0.807. The maximum absolute atomic E-state index is 12.6. The fourth-order valence-electron chi connectivity index (χ4n) is 3.57. The first kappa shape index (κ1) is 17.1. The summed E-state index contributed by atoms with van der Waals surface area (Å²) in [6, 6.07) is 27.0. The van der Waals surface area contributed by atoms with Crippen LogP contribution in [-0.2, 0) is 0 Å². The molecule has 2 aromatic carbocycles. The van der Waals surface area contributed by atoms with Gasteiger partial charge in [-0.25, -0.2) is 4.52 Å². The van der Waals surface area contributed by atoms with Crippen molar-refractivity contribution in [2.75, 3.05) is 0 Å². The highest BCUT2D eigenvalue weighted by atomic mass is 16.1. The van der Waals surface area contributed by atoms with E-state index in [4.69, 9.17) is 10.2 Å². The molecule has 0 saturated carbocycles. The fourth-order valence-corrected chi connectivity index (χ4v) is 3.57. The van der Waals surface area contributed by atoms with Crippen LogP contribution in [-0.4, -0.2) is 19.4 Å². The molecule has 0 bridgehead atoms. The second kappa shape index (κ2) is 6.87. The molecule has 3 aromatic heterocycles. The molecular weight excluding hydrogens is 360 g/mol. The van der Waals surface area contributed by atoms with E-state index < -0.39 is 0 Å². The minimum Gasteiger partial charge on any atom is -0.267 e. The first-order valence-electron chi connectivity index (χ1n) is 9.42. The van der Waals surface area contributed by atoms with Crippen LogP contribution in [0.15, 0.2) is 95.9 Å². The average Bonchev–Trinajstić information content (AvgIpc) is 3.15. The van der Waals surface area contributed by atoms with Crippen molar-refractivity contribution >= 4 is 5.52 Å². The number of rotatable bonds is 3. The lowest BCUT2D eigenvalue weighted by atomic mass is 10.0. The van der Waals surface area contributed by atoms with Gasteiger partial charge in [0.1, 0.15) is 5.69 Å². The van der Waals surface area contributed by atoms with Crippen LogP contribution in [0.4, 0.5) is 0 Å². The Morgan fingerprint density at radius 2 is 1.52 bits per heavy atom. The van der Waals surface area contributed by atoms with Crippen LogP contribution < -0.4 is 5.56 Å². The highest BCUT2D eigenvalue weighted by Gasteiger charge is 2.18. The largest absolute Gasteiger partial charge is 0.271 e. The van der Waals surface area contributed by atoms with E-state index in [0.717, 1.165) is 33.6 Å². The van der Waals surface area contributed by atoms with Gasteiger partial charge in [0.05, 0.1) is 22.5 Å². The van der Waals surface area contributed by atoms with Crippen LogP contribution in [0.2, 0.25) is 0 Å². The number of fused-ring (bicyclic) bond motifs is 1. The van der Waals surface area contributed by atoms with Crippen molar-refractivity contribution in [3.8, 4) is 28.2 Å². The third kappa shape index (κ3) is 2.93. The van der Waals surface area contributed by atoms with E-state index in [1.54, 1.807) is 12.1 Å². The Morgan fingerprint density at radius 1 is 0.759 bits per heavy atom. The molecule has 0 atom stereocenters. The molecule has 0 amide bonds. The summed E-state index contributed by atoms with van der Waals surface area (Å²) >= 11 is 0. The second-order valence-corrected chi connectivity index (χ2v) is 6.88. The van der Waals surface area contributed by atoms with Crippen molar-refractivity contribution in [3.05, 3.63) is 107 Å². The van der Waals surface area contributed by atoms with Crippen molar-refractivity contribution in [1.82, 2.24) is 19.4 Å². The molecule has 0 saturated heterocycles. The third-order valence-electron chi connectivity index (χ3n) is 4.99. The summed E-state index contributed by atoms with van der Waals surface area (Å²) in [6.45, 7) is 1.97. The standard InChI is InChI=1S/C24H18N4O/c1-17-9-5-6-12-20(17)28-22(29)15-14-19(25-28)23-21-13-7-8-16-27(21)26-24(23)18-10-3-2-4-11-18/h2-16H,1H3. The summed E-state index contributed by atoms with van der Waals surface area (Å²) < 4.78 is 3.31. The van der Waals surface area contributed by atoms with Crippen molar-refractivity contribution in [2.45, 2.75) is 6.92 Å². The van der Waals surface area contributed by atoms with Gasteiger partial charge in [0.2, 0.25) is 0 Å². The molecule has 5 rings (SSSR count). The van der Waals surface area contributed by atoms with Gasteiger partial charge in [0.15, 0.2) is 0 Å². The average molecular weight is 378 g/mol. The molecule has 0 fully saturated rings. The first-order valence-corrected chi connectivity index (χ1v) is 9.42. The predicted molar refractivity (Wildman–Crippen MR) is 114 cm³/mol. The maximum Gasteiger partial charge on any atom is 0.271 e. The predicted octanol–water partition coefficient (Wildman–Crippen LogP) is 4.52. The van der Waals surface area contributed by atoms with Crippen molar-refractivity contribution in [3.63, 3.8) is 0 Å². The SMILES string of the molecule is Cc1ccccc1-n1nc(-c2c(-c3ccccc3)nn3ccccc23)ccc1=O. The Balaban J connectivity index is 1.80. The molecule has 0 aliphatic heterocycles. The lowest BCUT2D eigenvalue weighted by Crippen LogP contribution is -2.21. The van der Waals surface area contributed by atoms with E-state index in [9.17, 15) is 4.79 Å². The zero-order valence-electron chi connectivity index (χ0n) is 15.9. The molecule has 5 nitrogen and oxygen atoms in total. The minimum atomic E-state index is -0.166. The summed E-state index contributed by atoms with van der Waals surface area (Å²) in [7, 11) is 0. The summed E-state index contributed by atoms with van der Waals surface area (Å²) in [4.78, 5) is 12.6. The Kier molecular flexibility index (Phi) is 4.06. The van der Waals surface area contributed by atoms with Gasteiger partial charge in [-0.2, -0.15) is 14.9 Å². The van der Waals surface area contributed by atoms with Gasteiger partial charge < -0.3 is 0 Å². The van der Waals surface area contributed by atoms with Crippen molar-refractivity contribution in [2.24, 2.45) is 0 Å². The molecular formula is C24H18N4O. The Labute approximate surface area is 167 Å². The van der Waals surface area contributed by atoms with Gasteiger partial charge in [0.25, 0.3) is 5.56 Å². The smallest absolute Gasteiger partial charge is 0.267 e. The summed E-state index contributed by atoms with van der Waals surface area (Å²) in [6.07, 6.45) is 1.92. The topological polar surface area (TPSA) is 52.2 Å². The van der Waals surface area contributed by atoms with Crippen LogP contribution in [0.3, 0.4) is 0 Å². The number of pyridine rings is 1. The minimum absolute atomic E-state index is 0.166. The highest BCUT2D eigenvalue weighted by Crippen LogP contribution is 2.33. The van der Waals surface area contributed by atoms with Crippen LogP contribution in [0, 0.1) is 6.92 Å². The van der Waals surface area contributed by atoms with E-state index >= 15 is 0 Å². The first-order chi connectivity index (χ1) is 14.2. The number of hydrogen-bond donors (Lipinski definition) is 0. The summed E-state index contributed by atoms with van der Waals surface area (Å²) in [5.74, 6) is 0. The molecule has 3 heterocycles. The molecule has 0 aliphatic rings. The normalized spacial score (nSPS) is 11.1. The fraction of sp³-hybridized carbons (Fsp3) is 0.0417. The van der Waals surface area contributed by atoms with E-state index in [-0.39, 0.29) is 5.56 Å². The lowest BCUT2D eigenvalue weighted by Gasteiger charge is -2.10. The van der Waals surface area contributed by atoms with Gasteiger partial charge in [-0.3, -0.25) is 4.79 Å². The quantitative estimate of drug-likeness (QED) is 0.464. The molecule has 0 N–H and O–H groups in total. The number of hydrogen-bond acceptors (Lipinski definition) is 3. The molecule has 0 unspecified atom stereocenters. The Hall–Kier alpha value is -3.99. The van der Waals surface area contributed by atoms with Crippen LogP contribution in [0.25, 0.3) is 33.7 Å². The zero-order chi connectivity index (χ0) is 19.8. The van der Waals surface area contributed by atoms with E-state index in [0.29, 0.717) is 5.69 Å². The van der Waals surface area contributed by atoms with Crippen LogP contribution in [0.1, 0.15) is 5.56 Å². The molecule has 5 heteroatoms. The van der Waals surface area contributed by atoms with Crippen molar-refractivity contribution in [1.29, 1.82) is 0 Å². The van der Waals surface area contributed by atoms with E-state index in [2.05, 4.69) is 0 Å². The molecule has 0 aliphatic carbocycles. The van der Waals surface area contributed by atoms with E-state index in [1.165, 1.54) is 4.68 Å². The van der Waals surface area contributed by atoms with Gasteiger partial charge in [-0.15, -0.1) is 0 Å². The van der Waals surface area contributed by atoms with E-state index in [1.807, 2.05) is 90.4 Å². The Morgan fingerprint density at radius 3 is 2.34 bits per heavy atom. The number of aromatic nitrogens is 4. The molecule has 5 aromatic rings. The van der Waals surface area contributed by atoms with Gasteiger partial charge in [0, 0.05) is 17.8 Å². The van der Waals surface area contributed by atoms with Crippen LogP contribution in [0.5, 0.6) is 0 Å².